The summed E-state index contributed by atoms with van der Waals surface area (Å²) in [6.45, 7) is 0.477. The van der Waals surface area contributed by atoms with Crippen molar-refractivity contribution in [2.45, 2.75) is 10.1 Å². The molecule has 0 fully saturated rings. The molecule has 0 radical (unpaired) electrons. The summed E-state index contributed by atoms with van der Waals surface area (Å²) in [5, 5.41) is 0.814. The number of benzene rings is 2. The Balaban J connectivity index is 1.53. The van der Waals surface area contributed by atoms with Crippen molar-refractivity contribution < 1.29 is 17.9 Å². The first kappa shape index (κ1) is 19.5. The van der Waals surface area contributed by atoms with Gasteiger partial charge < -0.3 is 14.5 Å². The molecule has 2 aromatic carbocycles. The lowest BCUT2D eigenvalue weighted by Crippen LogP contribution is -2.22. The van der Waals surface area contributed by atoms with E-state index in [9.17, 15) is 8.42 Å². The molecule has 0 saturated heterocycles. The molecule has 0 amide bonds. The Bertz CT molecular complexity index is 1010. The fourth-order valence-electron chi connectivity index (χ4n) is 2.38. The number of aromatic amines is 1. The smallest absolute Gasteiger partial charge is 0.242 e. The molecule has 0 aliphatic rings. The monoisotopic (exact) mass is 407 g/mol. The van der Waals surface area contributed by atoms with Crippen molar-refractivity contribution >= 4 is 32.8 Å². The van der Waals surface area contributed by atoms with Crippen LogP contribution in [0, 0.1) is 0 Å². The fourth-order valence-corrected chi connectivity index (χ4v) is 3.98. The molecule has 9 heteroatoms. The Labute approximate surface area is 162 Å². The largest absolute Gasteiger partial charge is 0.497 e. The quantitative estimate of drug-likeness (QED) is 0.456. The van der Waals surface area contributed by atoms with E-state index >= 15 is 0 Å². The van der Waals surface area contributed by atoms with Crippen LogP contribution in [0.5, 0.6) is 11.5 Å². The predicted molar refractivity (Wildman–Crippen MR) is 106 cm³/mol. The number of nitrogens with one attached hydrogen (secondary N) is 1. The number of nitrogens with zero attached hydrogens (tertiary/aromatic N) is 2. The molecule has 0 bridgehead atoms. The normalized spacial score (nSPS) is 11.9. The van der Waals surface area contributed by atoms with Crippen molar-refractivity contribution in [2.24, 2.45) is 0 Å². The zero-order valence-electron chi connectivity index (χ0n) is 15.3. The van der Waals surface area contributed by atoms with E-state index in [1.54, 1.807) is 43.1 Å². The van der Waals surface area contributed by atoms with Crippen LogP contribution in [-0.2, 0) is 10.0 Å². The number of fused-ring (bicyclic) bond motifs is 1. The molecule has 0 unspecified atom stereocenters. The van der Waals surface area contributed by atoms with Crippen LogP contribution in [0.25, 0.3) is 11.0 Å². The van der Waals surface area contributed by atoms with Gasteiger partial charge in [-0.15, -0.1) is 0 Å². The maximum Gasteiger partial charge on any atom is 0.242 e. The van der Waals surface area contributed by atoms with Crippen LogP contribution in [0.1, 0.15) is 0 Å². The molecule has 0 saturated carbocycles. The van der Waals surface area contributed by atoms with Gasteiger partial charge in [-0.3, -0.25) is 0 Å². The van der Waals surface area contributed by atoms with Gasteiger partial charge in [0.2, 0.25) is 10.0 Å². The summed E-state index contributed by atoms with van der Waals surface area (Å²) >= 11 is 1.56. The van der Waals surface area contributed by atoms with Crippen LogP contribution >= 0.6 is 11.8 Å². The summed E-state index contributed by atoms with van der Waals surface area (Å²) in [6.07, 6.45) is 0. The highest BCUT2D eigenvalue weighted by Gasteiger charge is 2.16. The predicted octanol–water partition coefficient (Wildman–Crippen LogP) is 2.99. The SMILES string of the molecule is COc1ccc2nc(SCCOc3ccc(S(=O)(=O)N(C)C)cc3)[nH]c2c1. The zero-order chi connectivity index (χ0) is 19.4. The third-order valence-electron chi connectivity index (χ3n) is 3.86. The molecule has 27 heavy (non-hydrogen) atoms. The van der Waals surface area contributed by atoms with Crippen LogP contribution in [-0.4, -0.2) is 56.3 Å². The van der Waals surface area contributed by atoms with Gasteiger partial charge in [0.05, 0.1) is 29.6 Å². The Kier molecular flexibility index (Phi) is 5.93. The minimum atomic E-state index is -3.42. The number of sulfonamides is 1. The highest BCUT2D eigenvalue weighted by molar-refractivity contribution is 7.99. The van der Waals surface area contributed by atoms with Crippen LogP contribution in [0.3, 0.4) is 0 Å². The number of ether oxygens (including phenoxy) is 2. The number of imidazole rings is 1. The van der Waals surface area contributed by atoms with E-state index in [1.807, 2.05) is 18.2 Å². The third kappa shape index (κ3) is 4.55. The molecule has 144 valence electrons. The van der Waals surface area contributed by atoms with Crippen molar-refractivity contribution in [1.29, 1.82) is 0 Å². The second kappa shape index (κ2) is 8.20. The summed E-state index contributed by atoms with van der Waals surface area (Å²) in [7, 11) is 1.22. The second-order valence-corrected chi connectivity index (χ2v) is 9.12. The van der Waals surface area contributed by atoms with E-state index in [-0.39, 0.29) is 4.90 Å². The molecule has 1 heterocycles. The summed E-state index contributed by atoms with van der Waals surface area (Å²) in [5.74, 6) is 2.11. The zero-order valence-corrected chi connectivity index (χ0v) is 16.9. The number of methoxy groups -OCH3 is 1. The van der Waals surface area contributed by atoms with Crippen molar-refractivity contribution in [3.8, 4) is 11.5 Å². The van der Waals surface area contributed by atoms with E-state index in [0.29, 0.717) is 18.1 Å². The van der Waals surface area contributed by atoms with Crippen molar-refractivity contribution in [1.82, 2.24) is 14.3 Å². The maximum atomic E-state index is 12.0. The second-order valence-electron chi connectivity index (χ2n) is 5.88. The molecule has 3 rings (SSSR count). The lowest BCUT2D eigenvalue weighted by Gasteiger charge is -2.12. The van der Waals surface area contributed by atoms with E-state index in [0.717, 1.165) is 21.9 Å². The average molecular weight is 408 g/mol. The number of H-pyrrole nitrogens is 1. The van der Waals surface area contributed by atoms with Gasteiger partial charge in [0, 0.05) is 25.9 Å². The Morgan fingerprint density at radius 3 is 2.48 bits per heavy atom. The lowest BCUT2D eigenvalue weighted by molar-refractivity contribution is 0.343. The molecule has 1 aromatic heterocycles. The van der Waals surface area contributed by atoms with Gasteiger partial charge >= 0.3 is 0 Å². The molecule has 0 atom stereocenters. The lowest BCUT2D eigenvalue weighted by atomic mass is 10.3. The van der Waals surface area contributed by atoms with E-state index in [1.165, 1.54) is 18.4 Å². The molecule has 0 aliphatic carbocycles. The van der Waals surface area contributed by atoms with Gasteiger partial charge in [-0.25, -0.2) is 17.7 Å². The molecular weight excluding hydrogens is 386 g/mol. The minimum Gasteiger partial charge on any atom is -0.497 e. The highest BCUT2D eigenvalue weighted by atomic mass is 32.2. The number of aromatic nitrogens is 2. The Hall–Kier alpha value is -2.23. The molecule has 0 spiro atoms. The summed E-state index contributed by atoms with van der Waals surface area (Å²) in [6, 6.07) is 12.1. The van der Waals surface area contributed by atoms with Gasteiger partial charge in [0.1, 0.15) is 11.5 Å². The number of hydrogen-bond acceptors (Lipinski definition) is 6. The van der Waals surface area contributed by atoms with Crippen LogP contribution in [0.15, 0.2) is 52.5 Å². The van der Waals surface area contributed by atoms with E-state index in [2.05, 4.69) is 9.97 Å². The number of thioether (sulfide) groups is 1. The van der Waals surface area contributed by atoms with Crippen LogP contribution < -0.4 is 9.47 Å². The highest BCUT2D eigenvalue weighted by Crippen LogP contribution is 2.23. The Morgan fingerprint density at radius 2 is 1.81 bits per heavy atom. The maximum absolute atomic E-state index is 12.0. The molecule has 7 nitrogen and oxygen atoms in total. The van der Waals surface area contributed by atoms with Gasteiger partial charge in [0.15, 0.2) is 5.16 Å². The van der Waals surface area contributed by atoms with E-state index < -0.39 is 10.0 Å². The average Bonchev–Trinajstić information content (AvgIpc) is 3.07. The van der Waals surface area contributed by atoms with Crippen molar-refractivity contribution in [3.05, 3.63) is 42.5 Å². The summed E-state index contributed by atoms with van der Waals surface area (Å²) < 4.78 is 36.1. The first-order chi connectivity index (χ1) is 12.9. The van der Waals surface area contributed by atoms with Crippen LogP contribution in [0.2, 0.25) is 0 Å². The fraction of sp³-hybridized carbons (Fsp3) is 0.278. The van der Waals surface area contributed by atoms with Gasteiger partial charge in [-0.2, -0.15) is 0 Å². The Morgan fingerprint density at radius 1 is 1.11 bits per heavy atom. The topological polar surface area (TPSA) is 84.5 Å². The number of rotatable bonds is 8. The van der Waals surface area contributed by atoms with Gasteiger partial charge in [0.25, 0.3) is 0 Å². The molecule has 3 aromatic rings. The number of hydrogen-bond donors (Lipinski definition) is 1. The first-order valence-corrected chi connectivity index (χ1v) is 10.6. The van der Waals surface area contributed by atoms with Crippen LogP contribution in [0.4, 0.5) is 0 Å². The van der Waals surface area contributed by atoms with Crippen molar-refractivity contribution in [3.63, 3.8) is 0 Å². The third-order valence-corrected chi connectivity index (χ3v) is 6.53. The standard InChI is InChI=1S/C18H21N3O4S2/c1-21(2)27(22,23)15-7-4-13(5-8-15)25-10-11-26-18-19-16-9-6-14(24-3)12-17(16)20-18/h4-9,12H,10-11H2,1-3H3,(H,19,20). The van der Waals surface area contributed by atoms with Gasteiger partial charge in [-0.1, -0.05) is 11.8 Å². The van der Waals surface area contributed by atoms with E-state index in [4.69, 9.17) is 9.47 Å². The first-order valence-electron chi connectivity index (χ1n) is 8.22. The molecule has 0 aliphatic heterocycles. The molecular formula is C18H21N3O4S2. The summed E-state index contributed by atoms with van der Waals surface area (Å²) in [5.41, 5.74) is 1.81. The summed E-state index contributed by atoms with van der Waals surface area (Å²) in [4.78, 5) is 8.00. The molecule has 1 N–H and O–H groups in total. The van der Waals surface area contributed by atoms with Crippen molar-refractivity contribution in [2.75, 3.05) is 33.6 Å². The van der Waals surface area contributed by atoms with Gasteiger partial charge in [-0.05, 0) is 36.4 Å². The minimum absolute atomic E-state index is 0.243.